The van der Waals surface area contributed by atoms with E-state index in [1.807, 2.05) is 30.3 Å². The van der Waals surface area contributed by atoms with E-state index in [-0.39, 0.29) is 23.9 Å². The number of ether oxygens (including phenoxy) is 1. The number of hydrogen-bond donors (Lipinski definition) is 1. The first-order chi connectivity index (χ1) is 15.1. The summed E-state index contributed by atoms with van der Waals surface area (Å²) in [6, 6.07) is 16.0. The monoisotopic (exact) mass is 420 g/mol. The summed E-state index contributed by atoms with van der Waals surface area (Å²) in [4.78, 5) is 37.3. The van der Waals surface area contributed by atoms with Gasteiger partial charge in [-0.1, -0.05) is 42.8 Å². The Balaban J connectivity index is 1.38. The van der Waals surface area contributed by atoms with Crippen molar-refractivity contribution >= 4 is 11.9 Å². The van der Waals surface area contributed by atoms with Gasteiger partial charge in [-0.25, -0.2) is 14.3 Å². The zero-order valence-electron chi connectivity index (χ0n) is 17.1. The third-order valence-electron chi connectivity index (χ3n) is 5.18. The van der Waals surface area contributed by atoms with Crippen molar-refractivity contribution in [1.29, 1.82) is 0 Å². The van der Waals surface area contributed by atoms with Crippen LogP contribution in [0.2, 0.25) is 0 Å². The summed E-state index contributed by atoms with van der Waals surface area (Å²) in [6.45, 7) is 0.754. The molecule has 2 heterocycles. The van der Waals surface area contributed by atoms with Crippen LogP contribution in [0.15, 0.2) is 59.4 Å². The van der Waals surface area contributed by atoms with E-state index in [0.29, 0.717) is 24.5 Å². The molecule has 1 amide bonds. The fraction of sp³-hybridized carbons (Fsp3) is 0.304. The Morgan fingerprint density at radius 1 is 1.03 bits per heavy atom. The van der Waals surface area contributed by atoms with Crippen molar-refractivity contribution in [3.8, 4) is 5.75 Å². The molecule has 8 heteroatoms. The van der Waals surface area contributed by atoms with Crippen LogP contribution in [0.25, 0.3) is 0 Å². The highest BCUT2D eigenvalue weighted by Crippen LogP contribution is 2.14. The maximum Gasteiger partial charge on any atom is 0.346 e. The Labute approximate surface area is 179 Å². The first kappa shape index (κ1) is 20.6. The number of nitrogens with one attached hydrogen (secondary N) is 1. The molecule has 1 aliphatic rings. The summed E-state index contributed by atoms with van der Waals surface area (Å²) < 4.78 is 8.14. The van der Waals surface area contributed by atoms with Crippen LogP contribution in [0.4, 0.5) is 0 Å². The summed E-state index contributed by atoms with van der Waals surface area (Å²) in [6.07, 6.45) is 3.72. The first-order valence-corrected chi connectivity index (χ1v) is 10.4. The molecule has 160 valence electrons. The van der Waals surface area contributed by atoms with E-state index in [0.717, 1.165) is 35.9 Å². The van der Waals surface area contributed by atoms with Crippen molar-refractivity contribution in [2.75, 3.05) is 0 Å². The van der Waals surface area contributed by atoms with Crippen molar-refractivity contribution in [1.82, 2.24) is 19.7 Å². The number of rotatable bonds is 6. The van der Waals surface area contributed by atoms with E-state index in [4.69, 9.17) is 4.74 Å². The van der Waals surface area contributed by atoms with Crippen LogP contribution in [0.1, 0.15) is 41.0 Å². The number of amides is 1. The Morgan fingerprint density at radius 2 is 1.87 bits per heavy atom. The average molecular weight is 420 g/mol. The number of carbonyl (C=O) groups excluding carboxylic acids is 2. The number of hydrogen-bond acceptors (Lipinski definition) is 5. The van der Waals surface area contributed by atoms with Gasteiger partial charge >= 0.3 is 11.7 Å². The molecule has 1 aliphatic heterocycles. The second kappa shape index (κ2) is 9.42. The van der Waals surface area contributed by atoms with Gasteiger partial charge in [0.1, 0.15) is 18.1 Å². The van der Waals surface area contributed by atoms with Gasteiger partial charge in [0.15, 0.2) is 0 Å². The summed E-state index contributed by atoms with van der Waals surface area (Å²) in [7, 11) is 0. The predicted molar refractivity (Wildman–Crippen MR) is 114 cm³/mol. The summed E-state index contributed by atoms with van der Waals surface area (Å²) in [5.41, 5.74) is 1.08. The molecule has 0 fully saturated rings. The van der Waals surface area contributed by atoms with E-state index in [1.54, 1.807) is 22.8 Å². The Morgan fingerprint density at radius 3 is 2.71 bits per heavy atom. The molecule has 8 nitrogen and oxygen atoms in total. The zero-order chi connectivity index (χ0) is 21.6. The molecule has 0 unspecified atom stereocenters. The third kappa shape index (κ3) is 5.09. The lowest BCUT2D eigenvalue weighted by atomic mass is 10.2. The lowest BCUT2D eigenvalue weighted by Crippen LogP contribution is -2.29. The molecule has 1 aromatic heterocycles. The van der Waals surface area contributed by atoms with Crippen molar-refractivity contribution < 1.29 is 14.3 Å². The van der Waals surface area contributed by atoms with Gasteiger partial charge in [-0.3, -0.25) is 9.36 Å². The minimum atomic E-state index is -0.614. The number of esters is 1. The molecule has 0 saturated carbocycles. The lowest BCUT2D eigenvalue weighted by Gasteiger charge is -2.08. The van der Waals surface area contributed by atoms with Gasteiger partial charge in [-0.15, -0.1) is 0 Å². The number of aryl methyl sites for hydroxylation is 1. The number of carbonyl (C=O) groups is 2. The molecule has 2 aromatic carbocycles. The number of fused-ring (bicyclic) bond motifs is 1. The van der Waals surface area contributed by atoms with Crippen molar-refractivity contribution in [3.05, 3.63) is 82.0 Å². The van der Waals surface area contributed by atoms with Gasteiger partial charge < -0.3 is 10.1 Å². The fourth-order valence-corrected chi connectivity index (χ4v) is 3.60. The third-order valence-corrected chi connectivity index (χ3v) is 5.18. The molecule has 1 N–H and O–H groups in total. The molecular formula is C23H24N4O4. The second-order valence-electron chi connectivity index (χ2n) is 7.49. The van der Waals surface area contributed by atoms with E-state index in [2.05, 4.69) is 10.4 Å². The van der Waals surface area contributed by atoms with Crippen LogP contribution in [0.3, 0.4) is 0 Å². The average Bonchev–Trinajstić information content (AvgIpc) is 2.94. The van der Waals surface area contributed by atoms with Crippen molar-refractivity contribution in [2.45, 2.75) is 45.3 Å². The Kier molecular flexibility index (Phi) is 6.26. The van der Waals surface area contributed by atoms with Crippen LogP contribution in [0, 0.1) is 0 Å². The van der Waals surface area contributed by atoms with Gasteiger partial charge in [0.2, 0.25) is 0 Å². The normalized spacial score (nSPS) is 13.2. The topological polar surface area (TPSA) is 95.2 Å². The molecule has 0 saturated heterocycles. The van der Waals surface area contributed by atoms with Gasteiger partial charge in [0.05, 0.1) is 0 Å². The Hall–Kier alpha value is -3.68. The molecule has 0 radical (unpaired) electrons. The summed E-state index contributed by atoms with van der Waals surface area (Å²) >= 11 is 0. The maximum atomic E-state index is 12.5. The minimum absolute atomic E-state index is 0.242. The lowest BCUT2D eigenvalue weighted by molar-refractivity contribution is -0.135. The van der Waals surface area contributed by atoms with Gasteiger partial charge in [-0.05, 0) is 36.6 Å². The van der Waals surface area contributed by atoms with Gasteiger partial charge in [0.25, 0.3) is 5.91 Å². The van der Waals surface area contributed by atoms with Crippen LogP contribution in [0.5, 0.6) is 5.75 Å². The number of aromatic nitrogens is 3. The molecule has 31 heavy (non-hydrogen) atoms. The highest BCUT2D eigenvalue weighted by atomic mass is 16.5. The Bertz CT molecular complexity index is 1130. The van der Waals surface area contributed by atoms with E-state index in [1.165, 1.54) is 6.07 Å². The SMILES string of the molecule is O=C(Cn1nc2n(c1=O)CCCCC2)Oc1cccc(C(=O)NCc2ccccc2)c1. The van der Waals surface area contributed by atoms with Crippen LogP contribution < -0.4 is 15.7 Å². The predicted octanol–water partition coefficient (Wildman–Crippen LogP) is 2.31. The second-order valence-corrected chi connectivity index (χ2v) is 7.49. The van der Waals surface area contributed by atoms with Crippen LogP contribution >= 0.6 is 0 Å². The highest BCUT2D eigenvalue weighted by molar-refractivity contribution is 5.94. The minimum Gasteiger partial charge on any atom is -0.425 e. The van der Waals surface area contributed by atoms with Crippen LogP contribution in [-0.4, -0.2) is 26.2 Å². The quantitative estimate of drug-likeness (QED) is 0.488. The molecule has 0 aliphatic carbocycles. The summed E-state index contributed by atoms with van der Waals surface area (Å²) in [5, 5.41) is 7.13. The number of benzene rings is 2. The molecular weight excluding hydrogens is 396 g/mol. The zero-order valence-corrected chi connectivity index (χ0v) is 17.1. The van der Waals surface area contributed by atoms with Crippen LogP contribution in [-0.2, 0) is 30.8 Å². The van der Waals surface area contributed by atoms with Gasteiger partial charge in [-0.2, -0.15) is 5.10 Å². The maximum absolute atomic E-state index is 12.5. The van der Waals surface area contributed by atoms with Crippen molar-refractivity contribution in [3.63, 3.8) is 0 Å². The van der Waals surface area contributed by atoms with E-state index >= 15 is 0 Å². The highest BCUT2D eigenvalue weighted by Gasteiger charge is 2.18. The van der Waals surface area contributed by atoms with E-state index in [9.17, 15) is 14.4 Å². The fourth-order valence-electron chi connectivity index (χ4n) is 3.60. The molecule has 0 atom stereocenters. The largest absolute Gasteiger partial charge is 0.425 e. The standard InChI is InChI=1S/C23H24N4O4/c28-21(16-27-23(30)26-13-6-2-5-12-20(26)25-27)31-19-11-7-10-18(14-19)22(29)24-15-17-8-3-1-4-9-17/h1,3-4,7-11,14H,2,5-6,12-13,15-16H2,(H,24,29). The van der Waals surface area contributed by atoms with Gasteiger partial charge in [0, 0.05) is 25.1 Å². The number of nitrogens with zero attached hydrogens (tertiary/aromatic N) is 3. The smallest absolute Gasteiger partial charge is 0.346 e. The molecule has 0 spiro atoms. The molecule has 4 rings (SSSR count). The first-order valence-electron chi connectivity index (χ1n) is 10.4. The van der Waals surface area contributed by atoms with Crippen molar-refractivity contribution in [2.24, 2.45) is 0 Å². The molecule has 0 bridgehead atoms. The van der Waals surface area contributed by atoms with E-state index < -0.39 is 5.97 Å². The molecule has 3 aromatic rings. The summed E-state index contributed by atoms with van der Waals surface area (Å²) in [5.74, 6) is 0.0755.